The summed E-state index contributed by atoms with van der Waals surface area (Å²) >= 11 is 11.8. The van der Waals surface area contributed by atoms with Crippen LogP contribution in [-0.4, -0.2) is 43.3 Å². The first-order valence-electron chi connectivity index (χ1n) is 7.92. The zero-order valence-corrected chi connectivity index (χ0v) is 15.2. The SMILES string of the molecule is CC(NC(=O)NCC1CCN(CC(F)(F)F)C1)c1ccc(Cl)c(Cl)c1. The minimum absolute atomic E-state index is 0.0217. The number of urea groups is 1. The first-order valence-corrected chi connectivity index (χ1v) is 8.68. The van der Waals surface area contributed by atoms with Gasteiger partial charge < -0.3 is 10.6 Å². The summed E-state index contributed by atoms with van der Waals surface area (Å²) in [6, 6.07) is 4.46. The average molecular weight is 398 g/mol. The zero-order valence-electron chi connectivity index (χ0n) is 13.7. The lowest BCUT2D eigenvalue weighted by Gasteiger charge is -2.19. The van der Waals surface area contributed by atoms with Gasteiger partial charge in [0.15, 0.2) is 0 Å². The molecule has 0 aromatic heterocycles. The molecule has 1 aliphatic heterocycles. The van der Waals surface area contributed by atoms with Gasteiger partial charge in [0.05, 0.1) is 22.6 Å². The van der Waals surface area contributed by atoms with Gasteiger partial charge in [-0.25, -0.2) is 4.79 Å². The Balaban J connectivity index is 1.74. The van der Waals surface area contributed by atoms with E-state index in [4.69, 9.17) is 23.2 Å². The predicted molar refractivity (Wildman–Crippen MR) is 92.0 cm³/mol. The molecule has 25 heavy (non-hydrogen) atoms. The number of likely N-dealkylation sites (tertiary alicyclic amines) is 1. The quantitative estimate of drug-likeness (QED) is 0.780. The highest BCUT2D eigenvalue weighted by molar-refractivity contribution is 6.42. The molecule has 2 N–H and O–H groups in total. The number of benzene rings is 1. The number of nitrogens with one attached hydrogen (secondary N) is 2. The van der Waals surface area contributed by atoms with Crippen molar-refractivity contribution >= 4 is 29.2 Å². The number of nitrogens with zero attached hydrogens (tertiary/aromatic N) is 1. The lowest BCUT2D eigenvalue weighted by Crippen LogP contribution is -2.40. The Kier molecular flexibility index (Phi) is 6.82. The van der Waals surface area contributed by atoms with Crippen LogP contribution >= 0.6 is 23.2 Å². The van der Waals surface area contributed by atoms with Gasteiger partial charge in [0.2, 0.25) is 0 Å². The molecule has 0 radical (unpaired) electrons. The molecule has 0 saturated carbocycles. The second-order valence-corrected chi connectivity index (χ2v) is 7.07. The monoisotopic (exact) mass is 397 g/mol. The molecule has 1 fully saturated rings. The fraction of sp³-hybridized carbons (Fsp3) is 0.562. The number of hydrogen-bond donors (Lipinski definition) is 2. The molecule has 4 nitrogen and oxygen atoms in total. The van der Waals surface area contributed by atoms with E-state index in [0.29, 0.717) is 36.1 Å². The van der Waals surface area contributed by atoms with Crippen molar-refractivity contribution in [2.24, 2.45) is 5.92 Å². The zero-order chi connectivity index (χ0) is 18.6. The maximum absolute atomic E-state index is 12.4. The fourth-order valence-corrected chi connectivity index (χ4v) is 3.13. The van der Waals surface area contributed by atoms with Gasteiger partial charge in [0, 0.05) is 13.1 Å². The summed E-state index contributed by atoms with van der Waals surface area (Å²) < 4.78 is 37.1. The molecule has 0 spiro atoms. The fourth-order valence-electron chi connectivity index (χ4n) is 2.83. The van der Waals surface area contributed by atoms with Crippen LogP contribution < -0.4 is 10.6 Å². The molecule has 1 saturated heterocycles. The number of rotatable bonds is 5. The molecule has 2 amide bonds. The summed E-state index contributed by atoms with van der Waals surface area (Å²) in [4.78, 5) is 13.3. The first kappa shape index (κ1) is 20.1. The number of carbonyl (C=O) groups excluding carboxylic acids is 1. The van der Waals surface area contributed by atoms with Crippen LogP contribution in [0.25, 0.3) is 0 Å². The lowest BCUT2D eigenvalue weighted by atomic mass is 10.1. The van der Waals surface area contributed by atoms with Crippen molar-refractivity contribution in [3.8, 4) is 0 Å². The van der Waals surface area contributed by atoms with E-state index in [1.54, 1.807) is 25.1 Å². The maximum atomic E-state index is 12.4. The molecule has 1 heterocycles. The average Bonchev–Trinajstić information content (AvgIpc) is 2.93. The number of halogens is 5. The third-order valence-electron chi connectivity index (χ3n) is 4.12. The molecule has 2 rings (SSSR count). The van der Waals surface area contributed by atoms with Gasteiger partial charge in [-0.3, -0.25) is 4.90 Å². The van der Waals surface area contributed by atoms with Crippen LogP contribution in [0, 0.1) is 5.92 Å². The van der Waals surface area contributed by atoms with E-state index < -0.39 is 12.7 Å². The summed E-state index contributed by atoms with van der Waals surface area (Å²) in [6.45, 7) is 1.98. The minimum atomic E-state index is -4.19. The van der Waals surface area contributed by atoms with E-state index in [1.165, 1.54) is 4.90 Å². The van der Waals surface area contributed by atoms with E-state index in [0.717, 1.165) is 5.56 Å². The Morgan fingerprint density at radius 1 is 1.36 bits per heavy atom. The van der Waals surface area contributed by atoms with Crippen LogP contribution in [0.4, 0.5) is 18.0 Å². The molecule has 140 valence electrons. The van der Waals surface area contributed by atoms with Crippen LogP contribution in [0.1, 0.15) is 24.9 Å². The molecule has 2 unspecified atom stereocenters. The van der Waals surface area contributed by atoms with Gasteiger partial charge in [-0.05, 0) is 43.5 Å². The highest BCUT2D eigenvalue weighted by atomic mass is 35.5. The van der Waals surface area contributed by atoms with Crippen LogP contribution in [-0.2, 0) is 0 Å². The topological polar surface area (TPSA) is 44.4 Å². The highest BCUT2D eigenvalue weighted by Gasteiger charge is 2.34. The van der Waals surface area contributed by atoms with E-state index in [1.807, 2.05) is 0 Å². The Morgan fingerprint density at radius 3 is 2.72 bits per heavy atom. The number of hydrogen-bond acceptors (Lipinski definition) is 2. The van der Waals surface area contributed by atoms with Crippen molar-refractivity contribution in [3.05, 3.63) is 33.8 Å². The third-order valence-corrected chi connectivity index (χ3v) is 4.85. The standard InChI is InChI=1S/C16H20Cl2F3N3O/c1-10(12-2-3-13(17)14(18)6-12)23-15(25)22-7-11-4-5-24(8-11)9-16(19,20)21/h2-3,6,10-11H,4-5,7-9H2,1H3,(H2,22,23,25). The van der Waals surface area contributed by atoms with Crippen molar-refractivity contribution in [2.75, 3.05) is 26.2 Å². The molecule has 2 atom stereocenters. The molecular weight excluding hydrogens is 378 g/mol. The normalized spacial score (nSPS) is 19.7. The van der Waals surface area contributed by atoms with Crippen LogP contribution in [0.15, 0.2) is 18.2 Å². The molecule has 9 heteroatoms. The van der Waals surface area contributed by atoms with Crippen molar-refractivity contribution in [2.45, 2.75) is 25.6 Å². The Bertz CT molecular complexity index is 613. The number of amides is 2. The van der Waals surface area contributed by atoms with Gasteiger partial charge in [0.1, 0.15) is 0 Å². The predicted octanol–water partition coefficient (Wildman–Crippen LogP) is 4.24. The van der Waals surface area contributed by atoms with Crippen LogP contribution in [0.5, 0.6) is 0 Å². The second kappa shape index (κ2) is 8.47. The largest absolute Gasteiger partial charge is 0.401 e. The summed E-state index contributed by atoms with van der Waals surface area (Å²) in [7, 11) is 0. The Labute approximate surface area is 154 Å². The first-order chi connectivity index (χ1) is 11.6. The van der Waals surface area contributed by atoms with Gasteiger partial charge >= 0.3 is 12.2 Å². The van der Waals surface area contributed by atoms with E-state index in [2.05, 4.69) is 10.6 Å². The summed E-state index contributed by atoms with van der Waals surface area (Å²) in [5.74, 6) is 0.0217. The smallest absolute Gasteiger partial charge is 0.338 e. The summed E-state index contributed by atoms with van der Waals surface area (Å²) in [6.07, 6.45) is -3.55. The molecular formula is C16H20Cl2F3N3O. The maximum Gasteiger partial charge on any atom is 0.401 e. The van der Waals surface area contributed by atoms with E-state index in [9.17, 15) is 18.0 Å². The molecule has 0 aliphatic carbocycles. The van der Waals surface area contributed by atoms with Gasteiger partial charge in [-0.15, -0.1) is 0 Å². The lowest BCUT2D eigenvalue weighted by molar-refractivity contribution is -0.143. The van der Waals surface area contributed by atoms with E-state index in [-0.39, 0.29) is 18.0 Å². The highest BCUT2D eigenvalue weighted by Crippen LogP contribution is 2.25. The van der Waals surface area contributed by atoms with Crippen molar-refractivity contribution < 1.29 is 18.0 Å². The Morgan fingerprint density at radius 2 is 2.08 bits per heavy atom. The van der Waals surface area contributed by atoms with Gasteiger partial charge in [-0.1, -0.05) is 29.3 Å². The summed E-state index contributed by atoms with van der Waals surface area (Å²) in [5, 5.41) is 6.33. The minimum Gasteiger partial charge on any atom is -0.338 e. The summed E-state index contributed by atoms with van der Waals surface area (Å²) in [5.41, 5.74) is 0.807. The van der Waals surface area contributed by atoms with Crippen LogP contribution in [0.2, 0.25) is 10.0 Å². The number of alkyl halides is 3. The van der Waals surface area contributed by atoms with Crippen molar-refractivity contribution in [1.82, 2.24) is 15.5 Å². The number of carbonyl (C=O) groups is 1. The second-order valence-electron chi connectivity index (χ2n) is 6.25. The molecule has 1 aliphatic rings. The molecule has 1 aromatic rings. The third kappa shape index (κ3) is 6.56. The van der Waals surface area contributed by atoms with Crippen molar-refractivity contribution in [1.29, 1.82) is 0 Å². The molecule has 0 bridgehead atoms. The Hall–Kier alpha value is -1.18. The molecule has 1 aromatic carbocycles. The van der Waals surface area contributed by atoms with Crippen LogP contribution in [0.3, 0.4) is 0 Å². The van der Waals surface area contributed by atoms with Gasteiger partial charge in [0.25, 0.3) is 0 Å². The van der Waals surface area contributed by atoms with E-state index >= 15 is 0 Å². The van der Waals surface area contributed by atoms with Gasteiger partial charge in [-0.2, -0.15) is 13.2 Å². The van der Waals surface area contributed by atoms with Crippen molar-refractivity contribution in [3.63, 3.8) is 0 Å².